The number of benzene rings is 10. The van der Waals surface area contributed by atoms with Crippen molar-refractivity contribution in [2.75, 3.05) is 51.6 Å². The zero-order valence-electron chi connectivity index (χ0n) is 85.6. The summed E-state index contributed by atoms with van der Waals surface area (Å²) in [7, 11) is 4.50. The average Bonchev–Trinajstić information content (AvgIpc) is 1.63. The molecule has 8 aliphatic heterocycles. The maximum atomic E-state index is 13.0. The van der Waals surface area contributed by atoms with Crippen LogP contribution in [-0.4, -0.2) is 204 Å². The third-order valence-electron chi connectivity index (χ3n) is 25.9. The Kier molecular flexibility index (Phi) is 41.6. The number of carboxylic acids is 1. The van der Waals surface area contributed by atoms with E-state index in [1.807, 2.05) is 131 Å². The Morgan fingerprint density at radius 1 is 0.385 bits per heavy atom. The number of aryl methyl sites for hydroxylation is 4. The molecule has 10 amide bonds. The SMILES string of the molecule is COC(=O)CCCCC(=O)N[C@@H](C)C(=O)N[C@@H](C)C(=O)Nc1cc(CO)cc(CO)c1.COc1ccc2c(c1)C(=O)N1c3ccccc3C[C@H]1C=N2.COc1ccc2c(c1)C(=O)N1c3ccccc3C[C@H]1C=N2.C[C@H](NC(=O)CCCCC(=O)O)C(=O)N[C@@H](C)C(=O)Nc1cc(CO)cc(CO)c1.Cc1ccc2c(c1)C(=O)N1c3ccccc3C[C@H]1CC2.Cc1ccc2c(c1)C(=O)N1c3ccccc3C[C@H]1CC2.O.[CH3][Sn]([CH3])[CH3]. The van der Waals surface area contributed by atoms with Gasteiger partial charge in [-0.1, -0.05) is 120 Å². The van der Waals surface area contributed by atoms with Gasteiger partial charge in [-0.2, -0.15) is 0 Å². The van der Waals surface area contributed by atoms with Crippen LogP contribution in [0.4, 0.5) is 45.5 Å². The number of fused-ring (bicyclic) bond motifs is 16. The van der Waals surface area contributed by atoms with E-state index in [-0.39, 0.29) is 111 Å². The number of hydrogen-bond donors (Lipinski definition) is 11. The van der Waals surface area contributed by atoms with Crippen molar-refractivity contribution in [1.82, 2.24) is 21.3 Å². The van der Waals surface area contributed by atoms with E-state index in [4.69, 9.17) is 14.6 Å². The van der Waals surface area contributed by atoms with E-state index < -0.39 is 73.5 Å². The van der Waals surface area contributed by atoms with E-state index in [1.165, 1.54) is 68.2 Å². The number of rotatable bonds is 26. The fourth-order valence-corrected chi connectivity index (χ4v) is 18.4. The van der Waals surface area contributed by atoms with Gasteiger partial charge in [0.1, 0.15) is 35.7 Å². The number of aliphatic hydroxyl groups is 4. The summed E-state index contributed by atoms with van der Waals surface area (Å²) >= 11 is -0.543. The fourth-order valence-electron chi connectivity index (χ4n) is 18.4. The second kappa shape index (κ2) is 54.2. The van der Waals surface area contributed by atoms with Crippen LogP contribution in [0.5, 0.6) is 11.5 Å². The molecule has 10 aromatic rings. The predicted octanol–water partition coefficient (Wildman–Crippen LogP) is 14.2. The van der Waals surface area contributed by atoms with Gasteiger partial charge in [0.05, 0.1) is 82.3 Å². The van der Waals surface area contributed by atoms with E-state index in [2.05, 4.69) is 134 Å². The number of hydrogen-bond acceptors (Lipinski definition) is 21. The Labute approximate surface area is 869 Å². The standard InChI is InChI=1S/C21H31N3O7.C20H29N3O7.2C18H17NO.2C17H14N2O2.3CH3.H2O.Sn/c1-13(22-18(27)6-4-5-7-19(28)31-3)20(29)23-14(2)21(30)24-17-9-15(11-25)8-16(10-17)12-26;1-12(21-17(26)5-3-4-6-18(27)28)19(29)22-13(2)20(30)23-16-8-14(10-24)7-15(9-16)11-25;2*1-12-6-7-13-8-9-15-11-14-4-2-3-5-17(14)19(15)18(20)16(13)10-12;2*1-21-13-6-7-15-14(9-13)17(20)19-12(10-18-15)8-11-4-2-3-5-16(11)19;;;;;/h8-10,13-14,25-26H,4-7,11-12H2,1-3H3,(H,22,27)(H,23,29)(H,24,30);7-9,12-13,24-25H,3-6,10-11H2,1-2H3,(H,21,26)(H,22,29)(H,23,30)(H,27,28);2*2-7,10,15H,8-9,11H2,1H3;2*2-7,9-10,12H,8H2,1H3;3*1H3;1H2;/t13-,14-;12-,13-;2*15-;2*12-;;;;;/m001100...../s1. The molecule has 0 aromatic heterocycles. The molecule has 8 atom stereocenters. The number of aliphatic carboxylic acids is 1. The third kappa shape index (κ3) is 29.9. The summed E-state index contributed by atoms with van der Waals surface area (Å²) in [6, 6.07) is 62.6. The molecule has 0 aliphatic carbocycles. The Balaban J connectivity index is 0.000000168. The van der Waals surface area contributed by atoms with Gasteiger partial charge in [0.25, 0.3) is 23.6 Å². The van der Waals surface area contributed by atoms with Crippen molar-refractivity contribution in [3.05, 3.63) is 295 Å². The van der Waals surface area contributed by atoms with Gasteiger partial charge >= 0.3 is 46.5 Å². The molecule has 0 fully saturated rings. The van der Waals surface area contributed by atoms with Crippen molar-refractivity contribution in [3.63, 3.8) is 0 Å². The molecule has 10 aromatic carbocycles. The number of para-hydroxylation sites is 4. The Morgan fingerprint density at radius 3 is 1.05 bits per heavy atom. The number of esters is 1. The fraction of sp³-hybridized carbons (Fsp3) is 0.351. The summed E-state index contributed by atoms with van der Waals surface area (Å²) in [5, 5.41) is 60.9. The van der Waals surface area contributed by atoms with Crippen LogP contribution >= 0.6 is 0 Å². The number of nitrogens with zero attached hydrogens (tertiary/aromatic N) is 6. The van der Waals surface area contributed by atoms with Crippen molar-refractivity contribution in [2.45, 2.75) is 234 Å². The first-order chi connectivity index (χ1) is 70.6. The number of aliphatic hydroxyl groups excluding tert-OH is 4. The normalized spacial score (nSPS) is 16.2. The molecule has 33 nitrogen and oxygen atoms in total. The number of carbonyl (C=O) groups is 12. The molecular weight excluding hydrogens is 1990 g/mol. The Bertz CT molecular complexity index is 6250. The van der Waals surface area contributed by atoms with Gasteiger partial charge in [0, 0.05) is 108 Å². The van der Waals surface area contributed by atoms with Crippen LogP contribution in [-0.2, 0) is 108 Å². The number of ether oxygens (including phenoxy) is 3. The summed E-state index contributed by atoms with van der Waals surface area (Å²) < 4.78 is 15.0. The number of methoxy groups -OCH3 is 3. The Hall–Kier alpha value is -14.6. The molecule has 0 unspecified atom stereocenters. The van der Waals surface area contributed by atoms with Gasteiger partial charge < -0.3 is 86.9 Å². The second-order valence-corrected chi connectivity index (χ2v) is 46.4. The van der Waals surface area contributed by atoms with Gasteiger partial charge in [-0.25, -0.2) is 0 Å². The van der Waals surface area contributed by atoms with E-state index >= 15 is 0 Å². The van der Waals surface area contributed by atoms with Crippen LogP contribution in [0.25, 0.3) is 0 Å². The van der Waals surface area contributed by atoms with Crippen LogP contribution in [0.2, 0.25) is 14.8 Å². The van der Waals surface area contributed by atoms with Gasteiger partial charge in [-0.15, -0.1) is 0 Å². The van der Waals surface area contributed by atoms with Gasteiger partial charge in [-0.05, 0) is 258 Å². The second-order valence-electron chi connectivity index (χ2n) is 37.8. The molecule has 779 valence electrons. The summed E-state index contributed by atoms with van der Waals surface area (Å²) in [6.07, 6.45) is 13.7. The molecule has 0 saturated heterocycles. The molecule has 0 spiro atoms. The first-order valence-electron chi connectivity index (χ1n) is 49.5. The number of nitrogens with one attached hydrogen (secondary N) is 6. The zero-order chi connectivity index (χ0) is 106. The molecule has 0 saturated carbocycles. The Morgan fingerprint density at radius 2 is 0.709 bits per heavy atom. The number of amides is 10. The maximum absolute atomic E-state index is 13.0. The van der Waals surface area contributed by atoms with Crippen LogP contribution in [0.1, 0.15) is 200 Å². The zero-order valence-corrected chi connectivity index (χ0v) is 88.4. The predicted molar refractivity (Wildman–Crippen MR) is 572 cm³/mol. The van der Waals surface area contributed by atoms with Crippen molar-refractivity contribution in [1.29, 1.82) is 0 Å². The van der Waals surface area contributed by atoms with Crippen LogP contribution in [0.15, 0.2) is 216 Å². The summed E-state index contributed by atoms with van der Waals surface area (Å²) in [4.78, 5) is 170. The van der Waals surface area contributed by atoms with E-state index in [1.54, 1.807) is 62.8 Å². The van der Waals surface area contributed by atoms with Crippen LogP contribution < -0.4 is 61.0 Å². The van der Waals surface area contributed by atoms with E-state index in [9.17, 15) is 78.0 Å². The van der Waals surface area contributed by atoms with E-state index in [0.717, 1.165) is 96.4 Å². The van der Waals surface area contributed by atoms with Crippen molar-refractivity contribution < 1.29 is 103 Å². The number of carboxylic acid groups (broad SMARTS) is 1. The molecular formula is C114H133N12O21Sn. The molecule has 8 heterocycles. The summed E-state index contributed by atoms with van der Waals surface area (Å²) in [6.45, 7) is 9.06. The van der Waals surface area contributed by atoms with Gasteiger partial charge in [0.15, 0.2) is 0 Å². The number of anilines is 6. The first-order valence-corrected chi connectivity index (χ1v) is 58.0. The summed E-state index contributed by atoms with van der Waals surface area (Å²) in [5.41, 5.74) is 21.1. The van der Waals surface area contributed by atoms with Crippen LogP contribution in [0.3, 0.4) is 0 Å². The minimum absolute atomic E-state index is 0. The molecule has 1 radical (unpaired) electrons. The average molecular weight is 2130 g/mol. The van der Waals surface area contributed by atoms with E-state index in [0.29, 0.717) is 105 Å². The molecule has 34 heteroatoms. The quantitative estimate of drug-likeness (QED) is 0.0136. The monoisotopic (exact) mass is 2130 g/mol. The van der Waals surface area contributed by atoms with Gasteiger partial charge in [-0.3, -0.25) is 77.3 Å². The number of unbranched alkanes of at least 4 members (excludes halogenated alkanes) is 2. The third-order valence-corrected chi connectivity index (χ3v) is 25.9. The van der Waals surface area contributed by atoms with Crippen molar-refractivity contribution in [2.24, 2.45) is 9.98 Å². The minimum atomic E-state index is -0.925. The molecule has 148 heavy (non-hydrogen) atoms. The summed E-state index contributed by atoms with van der Waals surface area (Å²) in [5.74, 6) is -2.38. The van der Waals surface area contributed by atoms with Crippen LogP contribution in [0, 0.1) is 13.8 Å². The number of carbonyl (C=O) groups excluding carboxylic acids is 11. The molecule has 8 aliphatic rings. The molecule has 13 N–H and O–H groups in total. The van der Waals surface area contributed by atoms with Crippen molar-refractivity contribution >= 4 is 149 Å². The topological polar surface area (TPSA) is 475 Å². The first kappa shape index (κ1) is 114. The molecule has 18 rings (SSSR count). The molecule has 0 bridgehead atoms. The van der Waals surface area contributed by atoms with Gasteiger partial charge in [0.2, 0.25) is 35.4 Å². The van der Waals surface area contributed by atoms with Crippen molar-refractivity contribution in [3.8, 4) is 11.5 Å². The number of aliphatic imine (C=N–C) groups is 2.